The van der Waals surface area contributed by atoms with Crippen molar-refractivity contribution in [3.63, 3.8) is 0 Å². The smallest absolute Gasteiger partial charge is 0.272 e. The molecular formula is C21H19FN2O. The van der Waals surface area contributed by atoms with Crippen LogP contribution in [0.4, 0.5) is 4.39 Å². The van der Waals surface area contributed by atoms with Crippen molar-refractivity contribution < 1.29 is 9.18 Å². The third kappa shape index (κ3) is 4.73. The van der Waals surface area contributed by atoms with Gasteiger partial charge in [0.05, 0.1) is 0 Å². The Bertz CT molecular complexity index is 822. The maximum atomic E-state index is 13.4. The Morgan fingerprint density at radius 3 is 2.12 bits per heavy atom. The second-order valence-electron chi connectivity index (χ2n) is 5.79. The first kappa shape index (κ1) is 16.8. The Morgan fingerprint density at radius 1 is 0.840 bits per heavy atom. The Hall–Kier alpha value is -3.01. The zero-order valence-electron chi connectivity index (χ0n) is 13.8. The highest BCUT2D eigenvalue weighted by atomic mass is 19.1. The van der Waals surface area contributed by atoms with E-state index in [1.54, 1.807) is 11.0 Å². The van der Waals surface area contributed by atoms with Crippen LogP contribution in [0.1, 0.15) is 21.6 Å². The second-order valence-corrected chi connectivity index (χ2v) is 5.79. The monoisotopic (exact) mass is 334 g/mol. The maximum absolute atomic E-state index is 13.4. The summed E-state index contributed by atoms with van der Waals surface area (Å²) in [6.07, 6.45) is 0.731. The molecular weight excluding hydrogens is 315 g/mol. The zero-order valence-corrected chi connectivity index (χ0v) is 13.8. The number of amides is 1. The molecule has 0 aliphatic heterocycles. The fourth-order valence-electron chi connectivity index (χ4n) is 2.65. The molecule has 0 unspecified atom stereocenters. The molecule has 0 fully saturated rings. The van der Waals surface area contributed by atoms with Crippen molar-refractivity contribution in [1.29, 1.82) is 0 Å². The molecule has 2 aromatic carbocycles. The lowest BCUT2D eigenvalue weighted by atomic mass is 10.1. The molecule has 3 aromatic rings. The number of benzene rings is 2. The minimum Gasteiger partial charge on any atom is -0.333 e. The van der Waals surface area contributed by atoms with Crippen LogP contribution in [0, 0.1) is 5.95 Å². The number of carbonyl (C=O) groups is 1. The summed E-state index contributed by atoms with van der Waals surface area (Å²) >= 11 is 0. The lowest BCUT2D eigenvalue weighted by Crippen LogP contribution is -2.33. The van der Waals surface area contributed by atoms with Gasteiger partial charge in [-0.15, -0.1) is 0 Å². The minimum atomic E-state index is -0.645. The van der Waals surface area contributed by atoms with E-state index in [1.807, 2.05) is 60.7 Å². The van der Waals surface area contributed by atoms with Crippen molar-refractivity contribution in [1.82, 2.24) is 9.88 Å². The van der Waals surface area contributed by atoms with Crippen LogP contribution in [-0.2, 0) is 13.0 Å². The molecule has 0 bridgehead atoms. The molecule has 0 aliphatic rings. The van der Waals surface area contributed by atoms with Crippen molar-refractivity contribution in [2.45, 2.75) is 13.0 Å². The normalized spacial score (nSPS) is 10.4. The topological polar surface area (TPSA) is 33.2 Å². The number of pyridine rings is 1. The van der Waals surface area contributed by atoms with E-state index in [1.165, 1.54) is 12.1 Å². The van der Waals surface area contributed by atoms with Gasteiger partial charge in [-0.25, -0.2) is 4.98 Å². The largest absolute Gasteiger partial charge is 0.333 e. The fourth-order valence-corrected chi connectivity index (χ4v) is 2.65. The van der Waals surface area contributed by atoms with Crippen molar-refractivity contribution in [3.05, 3.63) is 102 Å². The molecule has 0 atom stereocenters. The van der Waals surface area contributed by atoms with E-state index in [0.29, 0.717) is 13.1 Å². The molecule has 1 aromatic heterocycles. The van der Waals surface area contributed by atoms with Gasteiger partial charge in [0.25, 0.3) is 5.91 Å². The van der Waals surface area contributed by atoms with Gasteiger partial charge in [-0.3, -0.25) is 4.79 Å². The number of halogens is 1. The van der Waals surface area contributed by atoms with Gasteiger partial charge in [-0.1, -0.05) is 66.7 Å². The molecule has 0 radical (unpaired) electrons. The second kappa shape index (κ2) is 8.20. The van der Waals surface area contributed by atoms with Crippen molar-refractivity contribution in [2.24, 2.45) is 0 Å². The van der Waals surface area contributed by atoms with Crippen LogP contribution in [0.25, 0.3) is 0 Å². The summed E-state index contributed by atoms with van der Waals surface area (Å²) in [4.78, 5) is 18.3. The van der Waals surface area contributed by atoms with Gasteiger partial charge in [-0.2, -0.15) is 4.39 Å². The molecule has 0 saturated carbocycles. The number of nitrogens with zero attached hydrogens (tertiary/aromatic N) is 2. The summed E-state index contributed by atoms with van der Waals surface area (Å²) in [6, 6.07) is 24.0. The first-order valence-electron chi connectivity index (χ1n) is 8.22. The van der Waals surface area contributed by atoms with Crippen LogP contribution in [0.5, 0.6) is 0 Å². The lowest BCUT2D eigenvalue weighted by molar-refractivity contribution is 0.0738. The van der Waals surface area contributed by atoms with Gasteiger partial charge in [0.2, 0.25) is 5.95 Å². The Labute approximate surface area is 146 Å². The number of hydrogen-bond acceptors (Lipinski definition) is 2. The average molecular weight is 334 g/mol. The first-order chi connectivity index (χ1) is 12.2. The highest BCUT2D eigenvalue weighted by Crippen LogP contribution is 2.11. The van der Waals surface area contributed by atoms with E-state index in [9.17, 15) is 9.18 Å². The quantitative estimate of drug-likeness (QED) is 0.636. The SMILES string of the molecule is O=C(c1cccc(F)n1)N(CCc1ccccc1)Cc1ccccc1. The maximum Gasteiger partial charge on any atom is 0.272 e. The van der Waals surface area contributed by atoms with Crippen LogP contribution < -0.4 is 0 Å². The van der Waals surface area contributed by atoms with E-state index in [2.05, 4.69) is 4.98 Å². The highest BCUT2D eigenvalue weighted by molar-refractivity contribution is 5.92. The summed E-state index contributed by atoms with van der Waals surface area (Å²) in [6.45, 7) is 1.00. The lowest BCUT2D eigenvalue weighted by Gasteiger charge is -2.22. The van der Waals surface area contributed by atoms with Crippen LogP contribution in [-0.4, -0.2) is 22.3 Å². The number of rotatable bonds is 6. The van der Waals surface area contributed by atoms with Crippen LogP contribution in [0.3, 0.4) is 0 Å². The average Bonchev–Trinajstić information content (AvgIpc) is 2.66. The zero-order chi connectivity index (χ0) is 17.5. The molecule has 3 nitrogen and oxygen atoms in total. The van der Waals surface area contributed by atoms with Gasteiger partial charge < -0.3 is 4.90 Å². The molecule has 3 rings (SSSR count). The Balaban J connectivity index is 1.79. The summed E-state index contributed by atoms with van der Waals surface area (Å²) in [5.41, 5.74) is 2.31. The summed E-state index contributed by atoms with van der Waals surface area (Å²) in [5.74, 6) is -0.909. The number of carbonyl (C=O) groups excluding carboxylic acids is 1. The van der Waals surface area contributed by atoms with Gasteiger partial charge >= 0.3 is 0 Å². The first-order valence-corrected chi connectivity index (χ1v) is 8.22. The van der Waals surface area contributed by atoms with Crippen molar-refractivity contribution in [2.75, 3.05) is 6.54 Å². The summed E-state index contributed by atoms with van der Waals surface area (Å²) in [7, 11) is 0. The van der Waals surface area contributed by atoms with Crippen molar-refractivity contribution in [3.8, 4) is 0 Å². The molecule has 25 heavy (non-hydrogen) atoms. The Kier molecular flexibility index (Phi) is 5.52. The van der Waals surface area contributed by atoms with Crippen LogP contribution in [0.15, 0.2) is 78.9 Å². The van der Waals surface area contributed by atoms with Gasteiger partial charge in [0.15, 0.2) is 0 Å². The van der Waals surface area contributed by atoms with E-state index in [4.69, 9.17) is 0 Å². The number of aromatic nitrogens is 1. The van der Waals surface area contributed by atoms with Crippen LogP contribution >= 0.6 is 0 Å². The van der Waals surface area contributed by atoms with Gasteiger partial charge in [-0.05, 0) is 29.7 Å². The summed E-state index contributed by atoms with van der Waals surface area (Å²) < 4.78 is 13.4. The minimum absolute atomic E-state index is 0.129. The number of hydrogen-bond donors (Lipinski definition) is 0. The Morgan fingerprint density at radius 2 is 1.48 bits per heavy atom. The fraction of sp³-hybridized carbons (Fsp3) is 0.143. The van der Waals surface area contributed by atoms with E-state index in [0.717, 1.165) is 17.5 Å². The van der Waals surface area contributed by atoms with Crippen molar-refractivity contribution >= 4 is 5.91 Å². The summed E-state index contributed by atoms with van der Waals surface area (Å²) in [5, 5.41) is 0. The highest BCUT2D eigenvalue weighted by Gasteiger charge is 2.18. The molecule has 0 N–H and O–H groups in total. The molecule has 0 aliphatic carbocycles. The van der Waals surface area contributed by atoms with Crippen LogP contribution in [0.2, 0.25) is 0 Å². The molecule has 0 saturated heterocycles. The predicted molar refractivity (Wildman–Crippen MR) is 95.5 cm³/mol. The predicted octanol–water partition coefficient (Wildman–Crippen LogP) is 4.11. The standard InChI is InChI=1S/C21H19FN2O/c22-20-13-7-12-19(23-20)21(25)24(16-18-10-5-2-6-11-18)15-14-17-8-3-1-4-9-17/h1-13H,14-16H2. The molecule has 1 heterocycles. The molecule has 1 amide bonds. The van der Waals surface area contributed by atoms with E-state index < -0.39 is 5.95 Å². The third-order valence-corrected chi connectivity index (χ3v) is 3.95. The van der Waals surface area contributed by atoms with E-state index >= 15 is 0 Å². The molecule has 4 heteroatoms. The van der Waals surface area contributed by atoms with Gasteiger partial charge in [0.1, 0.15) is 5.69 Å². The van der Waals surface area contributed by atoms with E-state index in [-0.39, 0.29) is 11.6 Å². The molecule has 0 spiro atoms. The third-order valence-electron chi connectivity index (χ3n) is 3.95. The van der Waals surface area contributed by atoms with Gasteiger partial charge in [0, 0.05) is 13.1 Å². The molecule has 126 valence electrons.